The van der Waals surface area contributed by atoms with E-state index in [2.05, 4.69) is 15.5 Å². The Morgan fingerprint density at radius 2 is 1.79 bits per heavy atom. The number of nitrogens with one attached hydrogen (secondary N) is 1. The Bertz CT molecular complexity index is 1360. The van der Waals surface area contributed by atoms with Gasteiger partial charge < -0.3 is 18.9 Å². The van der Waals surface area contributed by atoms with Crippen molar-refractivity contribution in [3.05, 3.63) is 63.5 Å². The van der Waals surface area contributed by atoms with Crippen LogP contribution < -0.4 is 5.32 Å². The molecule has 11 heteroatoms. The van der Waals surface area contributed by atoms with Crippen LogP contribution in [0.1, 0.15) is 66.1 Å². The Labute approximate surface area is 235 Å². The van der Waals surface area contributed by atoms with Crippen molar-refractivity contribution in [2.45, 2.75) is 69.2 Å². The number of anilines is 1. The maximum atomic E-state index is 13.1. The number of ether oxygens (including phenoxy) is 2. The van der Waals surface area contributed by atoms with Gasteiger partial charge in [0.2, 0.25) is 0 Å². The highest BCUT2D eigenvalue weighted by Crippen LogP contribution is 2.46. The van der Waals surface area contributed by atoms with E-state index in [1.54, 1.807) is 30.3 Å². The summed E-state index contributed by atoms with van der Waals surface area (Å²) in [6, 6.07) is 8.52. The van der Waals surface area contributed by atoms with Crippen LogP contribution in [0.5, 0.6) is 0 Å². The first kappa shape index (κ1) is 26.1. The summed E-state index contributed by atoms with van der Waals surface area (Å²) in [5.74, 6) is 1.11. The lowest BCUT2D eigenvalue weighted by atomic mass is 9.99. The van der Waals surface area contributed by atoms with Gasteiger partial charge in [-0.1, -0.05) is 34.4 Å². The predicted octanol–water partition coefficient (Wildman–Crippen LogP) is 6.45. The Balaban J connectivity index is 1.12. The zero-order valence-electron chi connectivity index (χ0n) is 21.4. The van der Waals surface area contributed by atoms with E-state index in [1.807, 2.05) is 4.90 Å². The van der Waals surface area contributed by atoms with E-state index in [4.69, 9.17) is 37.2 Å². The van der Waals surface area contributed by atoms with Crippen LogP contribution in [-0.4, -0.2) is 52.3 Å². The molecule has 6 rings (SSSR count). The van der Waals surface area contributed by atoms with Crippen molar-refractivity contribution in [3.8, 4) is 11.3 Å². The van der Waals surface area contributed by atoms with Gasteiger partial charge in [-0.3, -0.25) is 5.32 Å². The van der Waals surface area contributed by atoms with Crippen molar-refractivity contribution in [1.29, 1.82) is 0 Å². The van der Waals surface area contributed by atoms with E-state index in [0.717, 1.165) is 49.8 Å². The smallest absolute Gasteiger partial charge is 0.339 e. The molecule has 2 saturated heterocycles. The van der Waals surface area contributed by atoms with Crippen LogP contribution >= 0.6 is 23.2 Å². The van der Waals surface area contributed by atoms with Gasteiger partial charge in [-0.05, 0) is 62.8 Å². The number of amides is 2. The molecule has 1 aromatic carbocycles. The van der Waals surface area contributed by atoms with Gasteiger partial charge >= 0.3 is 12.0 Å². The quantitative estimate of drug-likeness (QED) is 0.325. The summed E-state index contributed by atoms with van der Waals surface area (Å²) in [5.41, 5.74) is 2.53. The van der Waals surface area contributed by atoms with Gasteiger partial charge in [-0.15, -0.1) is 0 Å². The summed E-state index contributed by atoms with van der Waals surface area (Å²) >= 11 is 13.0. The Hall–Kier alpha value is -3.14. The van der Waals surface area contributed by atoms with Gasteiger partial charge in [0.15, 0.2) is 0 Å². The van der Waals surface area contributed by atoms with E-state index >= 15 is 0 Å². The van der Waals surface area contributed by atoms with Crippen molar-refractivity contribution in [2.24, 2.45) is 0 Å². The van der Waals surface area contributed by atoms with Gasteiger partial charge in [0.05, 0.1) is 35.4 Å². The summed E-state index contributed by atoms with van der Waals surface area (Å²) in [5, 5.41) is 8.26. The molecule has 3 fully saturated rings. The lowest BCUT2D eigenvalue weighted by Gasteiger charge is -2.38. The number of halogens is 2. The lowest BCUT2D eigenvalue weighted by Crippen LogP contribution is -2.50. The first-order chi connectivity index (χ1) is 18.9. The molecule has 0 radical (unpaired) electrons. The number of benzene rings is 1. The standard InChI is InChI=1S/C28H28Cl2N4O5/c1-37-27(35)16-7-10-23(31-13-16)32-28(36)34-17-8-9-18(34)12-19(11-17)38-14-20-25(33-39-26(20)15-5-6-15)24-21(29)3-2-4-22(24)30/h2-4,7,10,13,15,17-19H,5-6,8-9,11-12,14H2,1H3,(H,31,32,36). The van der Waals surface area contributed by atoms with E-state index < -0.39 is 5.97 Å². The monoisotopic (exact) mass is 570 g/mol. The van der Waals surface area contributed by atoms with Gasteiger partial charge in [-0.2, -0.15) is 0 Å². The molecule has 3 aromatic rings. The number of methoxy groups -OCH3 is 1. The molecule has 2 aliphatic heterocycles. The van der Waals surface area contributed by atoms with Gasteiger partial charge in [0.25, 0.3) is 0 Å². The molecule has 2 amide bonds. The average molecular weight is 571 g/mol. The molecule has 204 valence electrons. The minimum absolute atomic E-state index is 0.000495. The predicted molar refractivity (Wildman–Crippen MR) is 145 cm³/mol. The highest BCUT2D eigenvalue weighted by atomic mass is 35.5. The summed E-state index contributed by atoms with van der Waals surface area (Å²) in [6.07, 6.45) is 6.85. The molecule has 1 N–H and O–H groups in total. The number of carbonyl (C=O) groups is 2. The molecular weight excluding hydrogens is 543 g/mol. The van der Waals surface area contributed by atoms with Crippen LogP contribution in [0.4, 0.5) is 10.6 Å². The Morgan fingerprint density at radius 3 is 2.41 bits per heavy atom. The Kier molecular flexibility index (Phi) is 7.22. The third kappa shape index (κ3) is 5.23. The molecule has 2 aromatic heterocycles. The largest absolute Gasteiger partial charge is 0.465 e. The number of hydrogen-bond acceptors (Lipinski definition) is 7. The average Bonchev–Trinajstić information content (AvgIpc) is 3.64. The number of aromatic nitrogens is 2. The van der Waals surface area contributed by atoms with E-state index in [-0.39, 0.29) is 24.2 Å². The number of carbonyl (C=O) groups excluding carboxylic acids is 2. The van der Waals surface area contributed by atoms with Crippen molar-refractivity contribution < 1.29 is 23.6 Å². The van der Waals surface area contributed by atoms with Gasteiger partial charge in [-0.25, -0.2) is 14.6 Å². The zero-order chi connectivity index (χ0) is 27.1. The molecule has 3 aliphatic rings. The molecule has 9 nitrogen and oxygen atoms in total. The maximum absolute atomic E-state index is 13.1. The number of piperidine rings is 1. The summed E-state index contributed by atoms with van der Waals surface area (Å²) in [7, 11) is 1.31. The fourth-order valence-electron chi connectivity index (χ4n) is 5.72. The highest BCUT2D eigenvalue weighted by molar-refractivity contribution is 6.39. The first-order valence-electron chi connectivity index (χ1n) is 13.1. The molecule has 39 heavy (non-hydrogen) atoms. The minimum atomic E-state index is -0.474. The number of esters is 1. The van der Waals surface area contributed by atoms with Crippen LogP contribution in [0.2, 0.25) is 10.0 Å². The van der Waals surface area contributed by atoms with Gasteiger partial charge in [0, 0.05) is 35.3 Å². The molecular formula is C28H28Cl2N4O5. The second kappa shape index (κ2) is 10.8. The van der Waals surface area contributed by atoms with Crippen molar-refractivity contribution in [2.75, 3.05) is 12.4 Å². The topological polar surface area (TPSA) is 107 Å². The SMILES string of the molecule is COC(=O)c1ccc(NC(=O)N2C3CCC2CC(OCc2c(-c4c(Cl)cccc4Cl)noc2C2CC2)C3)nc1. The number of fused-ring (bicyclic) bond motifs is 2. The molecule has 1 saturated carbocycles. The number of urea groups is 1. The van der Waals surface area contributed by atoms with Crippen LogP contribution in [0.3, 0.4) is 0 Å². The van der Waals surface area contributed by atoms with Crippen molar-refractivity contribution in [1.82, 2.24) is 15.0 Å². The third-order valence-corrected chi connectivity index (χ3v) is 8.40. The van der Waals surface area contributed by atoms with Crippen LogP contribution in [0.25, 0.3) is 11.3 Å². The van der Waals surface area contributed by atoms with E-state index in [0.29, 0.717) is 45.2 Å². The van der Waals surface area contributed by atoms with E-state index in [9.17, 15) is 9.59 Å². The lowest BCUT2D eigenvalue weighted by molar-refractivity contribution is -0.0158. The first-order valence-corrected chi connectivity index (χ1v) is 13.9. The molecule has 4 heterocycles. The summed E-state index contributed by atoms with van der Waals surface area (Å²) in [6.45, 7) is 0.346. The second-order valence-electron chi connectivity index (χ2n) is 10.3. The van der Waals surface area contributed by atoms with Crippen molar-refractivity contribution >= 4 is 41.0 Å². The normalized spacial score (nSPS) is 22.1. The summed E-state index contributed by atoms with van der Waals surface area (Å²) < 4.78 is 16.9. The van der Waals surface area contributed by atoms with Gasteiger partial charge in [0.1, 0.15) is 17.3 Å². The minimum Gasteiger partial charge on any atom is -0.465 e. The van der Waals surface area contributed by atoms with Crippen molar-refractivity contribution in [3.63, 3.8) is 0 Å². The van der Waals surface area contributed by atoms with Crippen LogP contribution in [0.15, 0.2) is 41.1 Å². The second-order valence-corrected chi connectivity index (χ2v) is 11.1. The maximum Gasteiger partial charge on any atom is 0.339 e. The molecule has 1 aliphatic carbocycles. The Morgan fingerprint density at radius 1 is 1.08 bits per heavy atom. The zero-order valence-corrected chi connectivity index (χ0v) is 22.9. The molecule has 2 atom stereocenters. The third-order valence-electron chi connectivity index (χ3n) is 7.77. The number of pyridine rings is 1. The molecule has 2 bridgehead atoms. The molecule has 0 spiro atoms. The number of rotatable bonds is 7. The fourth-order valence-corrected chi connectivity index (χ4v) is 6.30. The highest BCUT2D eigenvalue weighted by Gasteiger charge is 2.44. The molecule has 2 unspecified atom stereocenters. The van der Waals surface area contributed by atoms with Crippen LogP contribution in [0, 0.1) is 0 Å². The fraction of sp³-hybridized carbons (Fsp3) is 0.429. The van der Waals surface area contributed by atoms with Crippen LogP contribution in [-0.2, 0) is 16.1 Å². The summed E-state index contributed by atoms with van der Waals surface area (Å²) in [4.78, 5) is 30.9. The number of hydrogen-bond donors (Lipinski definition) is 1. The number of nitrogens with zero attached hydrogens (tertiary/aromatic N) is 3. The van der Waals surface area contributed by atoms with E-state index in [1.165, 1.54) is 13.3 Å².